The van der Waals surface area contributed by atoms with Crippen LogP contribution in [0.3, 0.4) is 0 Å². The number of hydrogen-bond acceptors (Lipinski definition) is 6. The molecular weight excluding hydrogens is 258 g/mol. The van der Waals surface area contributed by atoms with Crippen LogP contribution < -0.4 is 4.74 Å². The molecule has 0 radical (unpaired) electrons. The van der Waals surface area contributed by atoms with Crippen LogP contribution in [0.1, 0.15) is 29.8 Å². The van der Waals surface area contributed by atoms with Crippen molar-refractivity contribution in [1.29, 1.82) is 0 Å². The molecule has 2 aromatic rings. The van der Waals surface area contributed by atoms with E-state index in [1.54, 1.807) is 7.05 Å². The SMILES string of the molecule is Cn1nnc(COc2ccc3c(c2)/C(=N\O)CCC3)n1. The lowest BCUT2D eigenvalue weighted by molar-refractivity contribution is 0.295. The maximum absolute atomic E-state index is 9.06. The first-order valence-electron chi connectivity index (χ1n) is 6.46. The third-order valence-corrected chi connectivity index (χ3v) is 3.29. The molecule has 20 heavy (non-hydrogen) atoms. The number of fused-ring (bicyclic) bond motifs is 1. The Morgan fingerprint density at radius 2 is 2.30 bits per heavy atom. The quantitative estimate of drug-likeness (QED) is 0.673. The van der Waals surface area contributed by atoms with E-state index in [0.717, 1.165) is 24.8 Å². The smallest absolute Gasteiger partial charge is 0.212 e. The number of hydrogen-bond donors (Lipinski definition) is 1. The Kier molecular flexibility index (Phi) is 3.32. The van der Waals surface area contributed by atoms with Gasteiger partial charge in [0.25, 0.3) is 0 Å². The van der Waals surface area contributed by atoms with Crippen molar-refractivity contribution in [3.05, 3.63) is 35.2 Å². The summed E-state index contributed by atoms with van der Waals surface area (Å²) in [6, 6.07) is 5.83. The summed E-state index contributed by atoms with van der Waals surface area (Å²) in [6.45, 7) is 0.262. The number of nitrogens with zero attached hydrogens (tertiary/aromatic N) is 5. The number of benzene rings is 1. The Morgan fingerprint density at radius 1 is 1.40 bits per heavy atom. The van der Waals surface area contributed by atoms with E-state index >= 15 is 0 Å². The Bertz CT molecular complexity index is 650. The van der Waals surface area contributed by atoms with Crippen LogP contribution in [-0.4, -0.2) is 31.1 Å². The van der Waals surface area contributed by atoms with E-state index in [1.165, 1.54) is 10.4 Å². The molecule has 1 aliphatic rings. The largest absolute Gasteiger partial charge is 0.485 e. The van der Waals surface area contributed by atoms with Crippen LogP contribution in [0.2, 0.25) is 0 Å². The third kappa shape index (κ3) is 2.47. The molecule has 1 aliphatic carbocycles. The molecule has 0 saturated carbocycles. The highest BCUT2D eigenvalue weighted by molar-refractivity contribution is 6.02. The van der Waals surface area contributed by atoms with Crippen LogP contribution in [0.15, 0.2) is 23.4 Å². The molecule has 3 rings (SSSR count). The molecule has 0 unspecified atom stereocenters. The molecular formula is C13H15N5O2. The van der Waals surface area contributed by atoms with Crippen LogP contribution in [0.4, 0.5) is 0 Å². The van der Waals surface area contributed by atoms with Gasteiger partial charge in [0.1, 0.15) is 5.75 Å². The Balaban J connectivity index is 1.78. The van der Waals surface area contributed by atoms with Gasteiger partial charge in [-0.3, -0.25) is 0 Å². The standard InChI is InChI=1S/C13H15N5O2/c1-18-15-13(14-17-18)8-20-10-6-5-9-3-2-4-12(16-19)11(9)7-10/h5-7,19H,2-4,8H2,1H3/b16-12-. The summed E-state index contributed by atoms with van der Waals surface area (Å²) >= 11 is 0. The summed E-state index contributed by atoms with van der Waals surface area (Å²) < 4.78 is 5.65. The van der Waals surface area contributed by atoms with Crippen molar-refractivity contribution in [1.82, 2.24) is 20.2 Å². The highest BCUT2D eigenvalue weighted by Crippen LogP contribution is 2.26. The minimum absolute atomic E-state index is 0.262. The predicted molar refractivity (Wildman–Crippen MR) is 70.8 cm³/mol. The molecule has 0 aliphatic heterocycles. The van der Waals surface area contributed by atoms with Gasteiger partial charge in [-0.2, -0.15) is 4.80 Å². The van der Waals surface area contributed by atoms with Crippen molar-refractivity contribution < 1.29 is 9.94 Å². The lowest BCUT2D eigenvalue weighted by Gasteiger charge is -2.17. The summed E-state index contributed by atoms with van der Waals surface area (Å²) in [5, 5.41) is 24.1. The van der Waals surface area contributed by atoms with Crippen LogP contribution in [0.25, 0.3) is 0 Å². The van der Waals surface area contributed by atoms with Crippen LogP contribution in [-0.2, 0) is 20.1 Å². The molecule has 7 heteroatoms. The highest BCUT2D eigenvalue weighted by Gasteiger charge is 2.16. The zero-order valence-corrected chi connectivity index (χ0v) is 11.2. The summed E-state index contributed by atoms with van der Waals surface area (Å²) in [4.78, 5) is 1.39. The van der Waals surface area contributed by atoms with Crippen LogP contribution in [0.5, 0.6) is 5.75 Å². The number of aryl methyl sites for hydroxylation is 2. The number of rotatable bonds is 3. The van der Waals surface area contributed by atoms with E-state index in [0.29, 0.717) is 17.3 Å². The van der Waals surface area contributed by atoms with Gasteiger partial charge >= 0.3 is 0 Å². The van der Waals surface area contributed by atoms with Crippen molar-refractivity contribution in [3.63, 3.8) is 0 Å². The Morgan fingerprint density at radius 3 is 3.05 bits per heavy atom. The number of ether oxygens (including phenoxy) is 1. The van der Waals surface area contributed by atoms with Gasteiger partial charge in [-0.1, -0.05) is 11.2 Å². The van der Waals surface area contributed by atoms with E-state index < -0.39 is 0 Å². The molecule has 0 saturated heterocycles. The molecule has 0 fully saturated rings. The first kappa shape index (κ1) is 12.6. The van der Waals surface area contributed by atoms with Gasteiger partial charge < -0.3 is 9.94 Å². The Hall–Kier alpha value is -2.44. The first-order valence-corrected chi connectivity index (χ1v) is 6.46. The van der Waals surface area contributed by atoms with Crippen molar-refractivity contribution >= 4 is 5.71 Å². The molecule has 1 heterocycles. The molecule has 0 amide bonds. The van der Waals surface area contributed by atoms with Crippen molar-refractivity contribution in [2.24, 2.45) is 12.2 Å². The number of aromatic nitrogens is 4. The minimum Gasteiger partial charge on any atom is -0.485 e. The van der Waals surface area contributed by atoms with Gasteiger partial charge in [-0.15, -0.1) is 10.2 Å². The molecule has 1 aromatic carbocycles. The van der Waals surface area contributed by atoms with E-state index in [4.69, 9.17) is 9.94 Å². The predicted octanol–water partition coefficient (Wildman–Crippen LogP) is 1.30. The zero-order chi connectivity index (χ0) is 13.9. The second kappa shape index (κ2) is 5.28. The number of oxime groups is 1. The van der Waals surface area contributed by atoms with E-state index in [-0.39, 0.29) is 6.61 Å². The van der Waals surface area contributed by atoms with Gasteiger partial charge in [0, 0.05) is 5.56 Å². The maximum Gasteiger partial charge on any atom is 0.212 e. The molecule has 1 aromatic heterocycles. The van der Waals surface area contributed by atoms with Crippen molar-refractivity contribution in [3.8, 4) is 5.75 Å². The zero-order valence-electron chi connectivity index (χ0n) is 11.2. The van der Waals surface area contributed by atoms with Gasteiger partial charge in [0.2, 0.25) is 5.82 Å². The molecule has 0 bridgehead atoms. The summed E-state index contributed by atoms with van der Waals surface area (Å²) in [5.74, 6) is 1.24. The fourth-order valence-electron chi connectivity index (χ4n) is 2.35. The first-order chi connectivity index (χ1) is 9.76. The van der Waals surface area contributed by atoms with Crippen LogP contribution >= 0.6 is 0 Å². The average Bonchev–Trinajstić information content (AvgIpc) is 2.90. The van der Waals surface area contributed by atoms with Crippen LogP contribution in [0, 0.1) is 0 Å². The van der Waals surface area contributed by atoms with Crippen molar-refractivity contribution in [2.75, 3.05) is 0 Å². The van der Waals surface area contributed by atoms with E-state index in [9.17, 15) is 0 Å². The van der Waals surface area contributed by atoms with Gasteiger partial charge in [0.05, 0.1) is 12.8 Å². The number of tetrazole rings is 1. The fourth-order valence-corrected chi connectivity index (χ4v) is 2.35. The lowest BCUT2D eigenvalue weighted by Crippen LogP contribution is -2.12. The molecule has 1 N–H and O–H groups in total. The van der Waals surface area contributed by atoms with Crippen molar-refractivity contribution in [2.45, 2.75) is 25.9 Å². The molecule has 0 spiro atoms. The maximum atomic E-state index is 9.06. The summed E-state index contributed by atoms with van der Waals surface area (Å²) in [7, 11) is 1.71. The highest BCUT2D eigenvalue weighted by atomic mass is 16.5. The van der Waals surface area contributed by atoms with Gasteiger partial charge in [-0.05, 0) is 42.2 Å². The second-order valence-electron chi connectivity index (χ2n) is 4.70. The third-order valence-electron chi connectivity index (χ3n) is 3.29. The normalized spacial score (nSPS) is 16.1. The molecule has 7 nitrogen and oxygen atoms in total. The summed E-state index contributed by atoms with van der Waals surface area (Å²) in [6.07, 6.45) is 2.80. The topological polar surface area (TPSA) is 85.4 Å². The molecule has 0 atom stereocenters. The van der Waals surface area contributed by atoms with Gasteiger partial charge in [0.15, 0.2) is 6.61 Å². The Labute approximate surface area is 115 Å². The van der Waals surface area contributed by atoms with Gasteiger partial charge in [-0.25, -0.2) is 0 Å². The minimum atomic E-state index is 0.262. The molecule has 104 valence electrons. The second-order valence-corrected chi connectivity index (χ2v) is 4.70. The average molecular weight is 273 g/mol. The monoisotopic (exact) mass is 273 g/mol. The lowest BCUT2D eigenvalue weighted by atomic mass is 9.90. The summed E-state index contributed by atoms with van der Waals surface area (Å²) in [5.41, 5.74) is 2.87. The van der Waals surface area contributed by atoms with E-state index in [1.807, 2.05) is 18.2 Å². The van der Waals surface area contributed by atoms with E-state index in [2.05, 4.69) is 20.6 Å². The fraction of sp³-hybridized carbons (Fsp3) is 0.385.